The Morgan fingerprint density at radius 3 is 2.50 bits per heavy atom. The van der Waals surface area contributed by atoms with Crippen LogP contribution in [0.3, 0.4) is 0 Å². The van der Waals surface area contributed by atoms with E-state index in [9.17, 15) is 13.2 Å². The summed E-state index contributed by atoms with van der Waals surface area (Å²) in [6, 6.07) is 3.76. The summed E-state index contributed by atoms with van der Waals surface area (Å²) in [5, 5.41) is 9.13. The van der Waals surface area contributed by atoms with Gasteiger partial charge in [-0.05, 0) is 50.8 Å². The SMILES string of the molecule is CC(C)(NS(=O)(=O)c1ccc(N)cc1C(=O)O)C1CC1. The van der Waals surface area contributed by atoms with E-state index in [4.69, 9.17) is 10.8 Å². The number of hydrogen-bond acceptors (Lipinski definition) is 4. The van der Waals surface area contributed by atoms with Crippen molar-refractivity contribution in [2.24, 2.45) is 5.92 Å². The first-order valence-corrected chi connectivity index (χ1v) is 7.78. The lowest BCUT2D eigenvalue weighted by molar-refractivity contribution is 0.0692. The van der Waals surface area contributed by atoms with Gasteiger partial charge in [0.05, 0.1) is 10.5 Å². The van der Waals surface area contributed by atoms with E-state index in [1.54, 1.807) is 13.8 Å². The highest BCUT2D eigenvalue weighted by molar-refractivity contribution is 7.89. The topological polar surface area (TPSA) is 109 Å². The van der Waals surface area contributed by atoms with Crippen LogP contribution >= 0.6 is 0 Å². The molecule has 20 heavy (non-hydrogen) atoms. The number of benzene rings is 1. The lowest BCUT2D eigenvalue weighted by Crippen LogP contribution is -2.45. The fourth-order valence-corrected chi connectivity index (χ4v) is 3.89. The second-order valence-corrected chi connectivity index (χ2v) is 7.31. The second kappa shape index (κ2) is 4.75. The minimum Gasteiger partial charge on any atom is -0.478 e. The van der Waals surface area contributed by atoms with Crippen LogP contribution in [0.25, 0.3) is 0 Å². The fraction of sp³-hybridized carbons (Fsp3) is 0.462. The molecule has 1 aromatic rings. The molecule has 1 saturated carbocycles. The van der Waals surface area contributed by atoms with Gasteiger partial charge in [0.15, 0.2) is 0 Å². The molecule has 0 spiro atoms. The van der Waals surface area contributed by atoms with Crippen molar-refractivity contribution in [1.82, 2.24) is 4.72 Å². The molecule has 0 saturated heterocycles. The minimum atomic E-state index is -3.90. The lowest BCUT2D eigenvalue weighted by Gasteiger charge is -2.26. The van der Waals surface area contributed by atoms with Crippen molar-refractivity contribution in [3.63, 3.8) is 0 Å². The van der Waals surface area contributed by atoms with Gasteiger partial charge in [-0.1, -0.05) is 0 Å². The Morgan fingerprint density at radius 2 is 2.00 bits per heavy atom. The van der Waals surface area contributed by atoms with Crippen molar-refractivity contribution in [1.29, 1.82) is 0 Å². The van der Waals surface area contributed by atoms with E-state index < -0.39 is 21.5 Å². The number of hydrogen-bond donors (Lipinski definition) is 3. The maximum atomic E-state index is 12.4. The Hall–Kier alpha value is -1.60. The number of rotatable bonds is 5. The van der Waals surface area contributed by atoms with Crippen molar-refractivity contribution in [2.45, 2.75) is 37.1 Å². The van der Waals surface area contributed by atoms with Crippen LogP contribution in [0.5, 0.6) is 0 Å². The molecule has 0 amide bonds. The van der Waals surface area contributed by atoms with Gasteiger partial charge >= 0.3 is 5.97 Å². The van der Waals surface area contributed by atoms with E-state index >= 15 is 0 Å². The van der Waals surface area contributed by atoms with Gasteiger partial charge in [0.25, 0.3) is 0 Å². The van der Waals surface area contributed by atoms with Crippen LogP contribution in [0, 0.1) is 5.92 Å². The van der Waals surface area contributed by atoms with Crippen LogP contribution < -0.4 is 10.5 Å². The van der Waals surface area contributed by atoms with Crippen LogP contribution in [-0.2, 0) is 10.0 Å². The number of carboxylic acid groups (broad SMARTS) is 1. The zero-order valence-corrected chi connectivity index (χ0v) is 12.2. The van der Waals surface area contributed by atoms with Crippen LogP contribution in [0.4, 0.5) is 5.69 Å². The number of carboxylic acids is 1. The van der Waals surface area contributed by atoms with Crippen molar-refractivity contribution < 1.29 is 18.3 Å². The molecule has 0 aliphatic heterocycles. The molecular formula is C13H18N2O4S. The zero-order valence-electron chi connectivity index (χ0n) is 11.4. The standard InChI is InChI=1S/C13H18N2O4S/c1-13(2,8-3-4-8)15-20(18,19)11-6-5-9(14)7-10(11)12(16)17/h5-8,15H,3-4,14H2,1-2H3,(H,16,17). The smallest absolute Gasteiger partial charge is 0.337 e. The highest BCUT2D eigenvalue weighted by Gasteiger charge is 2.41. The van der Waals surface area contributed by atoms with E-state index in [0.717, 1.165) is 18.9 Å². The number of nitrogens with two attached hydrogens (primary N) is 1. The van der Waals surface area contributed by atoms with Gasteiger partial charge in [-0.15, -0.1) is 0 Å². The molecule has 1 fully saturated rings. The summed E-state index contributed by atoms with van der Waals surface area (Å²) < 4.78 is 27.4. The molecule has 0 unspecified atom stereocenters. The van der Waals surface area contributed by atoms with Crippen molar-refractivity contribution in [2.75, 3.05) is 5.73 Å². The Labute approximate surface area is 118 Å². The Kier molecular flexibility index (Phi) is 3.51. The number of sulfonamides is 1. The molecule has 1 aliphatic carbocycles. The molecule has 0 bridgehead atoms. The highest BCUT2D eigenvalue weighted by atomic mass is 32.2. The number of carbonyl (C=O) groups is 1. The molecule has 110 valence electrons. The number of anilines is 1. The quantitative estimate of drug-likeness (QED) is 0.712. The Bertz CT molecular complexity index is 648. The third kappa shape index (κ3) is 2.94. The Balaban J connectivity index is 2.41. The highest BCUT2D eigenvalue weighted by Crippen LogP contribution is 2.40. The van der Waals surface area contributed by atoms with Gasteiger partial charge in [-0.2, -0.15) is 0 Å². The van der Waals surface area contributed by atoms with E-state index in [0.29, 0.717) is 5.92 Å². The van der Waals surface area contributed by atoms with Crippen molar-refractivity contribution in [3.05, 3.63) is 23.8 Å². The van der Waals surface area contributed by atoms with E-state index in [2.05, 4.69) is 4.72 Å². The van der Waals surface area contributed by atoms with Gasteiger partial charge in [0.2, 0.25) is 10.0 Å². The predicted octanol–water partition coefficient (Wildman–Crippen LogP) is 1.43. The van der Waals surface area contributed by atoms with Crippen LogP contribution in [0.15, 0.2) is 23.1 Å². The molecule has 0 radical (unpaired) electrons. The van der Waals surface area contributed by atoms with Crippen LogP contribution in [0.2, 0.25) is 0 Å². The number of nitrogens with one attached hydrogen (secondary N) is 1. The van der Waals surface area contributed by atoms with Gasteiger partial charge in [-0.25, -0.2) is 17.9 Å². The maximum Gasteiger partial charge on any atom is 0.337 e. The number of aromatic carboxylic acids is 1. The average Bonchev–Trinajstić information content (AvgIpc) is 3.10. The van der Waals surface area contributed by atoms with Gasteiger partial charge < -0.3 is 10.8 Å². The summed E-state index contributed by atoms with van der Waals surface area (Å²) in [6.07, 6.45) is 1.95. The first-order chi connectivity index (χ1) is 9.13. The summed E-state index contributed by atoms with van der Waals surface area (Å²) in [5.74, 6) is -1.03. The van der Waals surface area contributed by atoms with Gasteiger partial charge in [0, 0.05) is 11.2 Å². The summed E-state index contributed by atoms with van der Waals surface area (Å²) in [5.41, 5.74) is 4.82. The molecule has 6 nitrogen and oxygen atoms in total. The molecule has 4 N–H and O–H groups in total. The van der Waals surface area contributed by atoms with E-state index in [1.165, 1.54) is 12.1 Å². The molecule has 2 rings (SSSR count). The summed E-state index contributed by atoms with van der Waals surface area (Å²) in [4.78, 5) is 10.9. The molecule has 0 aromatic heterocycles. The predicted molar refractivity (Wildman–Crippen MR) is 74.9 cm³/mol. The number of nitrogen functional groups attached to an aromatic ring is 1. The third-order valence-corrected chi connectivity index (χ3v) is 5.25. The minimum absolute atomic E-state index is 0.211. The van der Waals surface area contributed by atoms with Crippen LogP contribution in [0.1, 0.15) is 37.0 Å². The zero-order chi connectivity index (χ0) is 15.1. The third-order valence-electron chi connectivity index (χ3n) is 3.52. The van der Waals surface area contributed by atoms with Gasteiger partial charge in [-0.3, -0.25) is 0 Å². The summed E-state index contributed by atoms with van der Waals surface area (Å²) in [7, 11) is -3.90. The summed E-state index contributed by atoms with van der Waals surface area (Å²) in [6.45, 7) is 3.61. The first-order valence-electron chi connectivity index (χ1n) is 6.30. The molecule has 1 aliphatic rings. The fourth-order valence-electron chi connectivity index (χ4n) is 2.24. The first kappa shape index (κ1) is 14.8. The maximum absolute atomic E-state index is 12.4. The van der Waals surface area contributed by atoms with Gasteiger partial charge in [0.1, 0.15) is 0 Å². The largest absolute Gasteiger partial charge is 0.478 e. The van der Waals surface area contributed by atoms with Crippen molar-refractivity contribution in [3.8, 4) is 0 Å². The monoisotopic (exact) mass is 298 g/mol. The molecule has 0 atom stereocenters. The van der Waals surface area contributed by atoms with Crippen molar-refractivity contribution >= 4 is 21.7 Å². The normalized spacial score (nSPS) is 16.1. The average molecular weight is 298 g/mol. The lowest BCUT2D eigenvalue weighted by atomic mass is 10.0. The molecular weight excluding hydrogens is 280 g/mol. The molecule has 7 heteroatoms. The molecule has 1 aromatic carbocycles. The van der Waals surface area contributed by atoms with E-state index in [-0.39, 0.29) is 16.1 Å². The van der Waals surface area contributed by atoms with Crippen LogP contribution in [-0.4, -0.2) is 25.0 Å². The summed E-state index contributed by atoms with van der Waals surface area (Å²) >= 11 is 0. The Morgan fingerprint density at radius 1 is 1.40 bits per heavy atom. The van der Waals surface area contributed by atoms with E-state index in [1.807, 2.05) is 0 Å². The second-order valence-electron chi connectivity index (χ2n) is 5.66. The molecule has 0 heterocycles.